The van der Waals surface area contributed by atoms with Crippen LogP contribution in [0.4, 0.5) is 0 Å². The Labute approximate surface area is 122 Å². The average molecular weight is 292 g/mol. The summed E-state index contributed by atoms with van der Waals surface area (Å²) in [6.45, 7) is 4.35. The Kier molecular flexibility index (Phi) is 4.14. The summed E-state index contributed by atoms with van der Waals surface area (Å²) >= 11 is 0. The van der Waals surface area contributed by atoms with E-state index in [2.05, 4.69) is 20.2 Å². The Morgan fingerprint density at radius 1 is 1.25 bits per heavy atom. The van der Waals surface area contributed by atoms with E-state index in [1.807, 2.05) is 38.1 Å². The maximum absolute atomic E-state index is 5.24. The third kappa shape index (κ3) is 2.85. The molecule has 0 unspecified atom stereocenters. The molecule has 0 aliphatic carbocycles. The number of hydrogen-bond donors (Lipinski definition) is 0. The number of aromatic nitrogens is 5. The molecule has 0 atom stereocenters. The van der Waals surface area contributed by atoms with Crippen LogP contribution in [0.1, 0.15) is 17.3 Å². The van der Waals surface area contributed by atoms with E-state index in [9.17, 15) is 0 Å². The van der Waals surface area contributed by atoms with Crippen molar-refractivity contribution < 1.29 is 4.52 Å². The van der Waals surface area contributed by atoms with Crippen LogP contribution in [0.25, 0.3) is 11.4 Å². The predicted molar refractivity (Wildman–Crippen MR) is 75.6 cm³/mol. The van der Waals surface area contributed by atoms with Gasteiger partial charge in [0.1, 0.15) is 18.7 Å². The third-order valence-electron chi connectivity index (χ3n) is 2.84. The molecule has 0 bridgehead atoms. The highest BCUT2D eigenvalue weighted by Crippen LogP contribution is 2.17. The SMILES string of the molecule is Cc1cccc(-c2noc(Cn3ncnc3C)n2)c1.Cl. The molecule has 2 aromatic heterocycles. The summed E-state index contributed by atoms with van der Waals surface area (Å²) in [6.07, 6.45) is 1.51. The zero-order valence-corrected chi connectivity index (χ0v) is 12.0. The zero-order valence-electron chi connectivity index (χ0n) is 11.1. The lowest BCUT2D eigenvalue weighted by atomic mass is 10.1. The normalized spacial score (nSPS) is 10.3. The van der Waals surface area contributed by atoms with Crippen molar-refractivity contribution in [2.24, 2.45) is 0 Å². The van der Waals surface area contributed by atoms with Gasteiger partial charge in [0.25, 0.3) is 0 Å². The van der Waals surface area contributed by atoms with Crippen LogP contribution in [0.2, 0.25) is 0 Å². The van der Waals surface area contributed by atoms with E-state index in [1.54, 1.807) is 4.68 Å². The first-order valence-corrected chi connectivity index (χ1v) is 5.96. The van der Waals surface area contributed by atoms with Crippen LogP contribution < -0.4 is 0 Å². The van der Waals surface area contributed by atoms with Crippen molar-refractivity contribution in [3.8, 4) is 11.4 Å². The number of nitrogens with zero attached hydrogens (tertiary/aromatic N) is 5. The third-order valence-corrected chi connectivity index (χ3v) is 2.84. The topological polar surface area (TPSA) is 69.6 Å². The fourth-order valence-electron chi connectivity index (χ4n) is 1.83. The van der Waals surface area contributed by atoms with Gasteiger partial charge in [0.15, 0.2) is 0 Å². The van der Waals surface area contributed by atoms with E-state index >= 15 is 0 Å². The molecule has 7 heteroatoms. The van der Waals surface area contributed by atoms with Crippen molar-refractivity contribution in [3.05, 3.63) is 47.9 Å². The van der Waals surface area contributed by atoms with E-state index in [4.69, 9.17) is 4.52 Å². The molecule has 0 radical (unpaired) electrons. The Bertz CT molecular complexity index is 706. The molecule has 3 rings (SSSR count). The van der Waals surface area contributed by atoms with Gasteiger partial charge >= 0.3 is 0 Å². The highest BCUT2D eigenvalue weighted by molar-refractivity contribution is 5.85. The molecule has 0 aliphatic heterocycles. The van der Waals surface area contributed by atoms with Crippen LogP contribution in [0.15, 0.2) is 35.1 Å². The van der Waals surface area contributed by atoms with Gasteiger partial charge in [-0.05, 0) is 19.9 Å². The van der Waals surface area contributed by atoms with Crippen LogP contribution >= 0.6 is 12.4 Å². The van der Waals surface area contributed by atoms with Gasteiger partial charge in [-0.25, -0.2) is 9.67 Å². The van der Waals surface area contributed by atoms with E-state index in [0.717, 1.165) is 17.0 Å². The summed E-state index contributed by atoms with van der Waals surface area (Å²) in [7, 11) is 0. The summed E-state index contributed by atoms with van der Waals surface area (Å²) in [5.41, 5.74) is 2.11. The zero-order chi connectivity index (χ0) is 13.2. The lowest BCUT2D eigenvalue weighted by Gasteiger charge is -1.97. The minimum absolute atomic E-state index is 0. The van der Waals surface area contributed by atoms with E-state index < -0.39 is 0 Å². The molecule has 1 aromatic carbocycles. The standard InChI is InChI=1S/C13H13N5O.ClH/c1-9-4-3-5-11(6-9)13-16-12(19-17-13)7-18-10(2)14-8-15-18;/h3-6,8H,7H2,1-2H3;1H. The monoisotopic (exact) mass is 291 g/mol. The Morgan fingerprint density at radius 2 is 2.10 bits per heavy atom. The first kappa shape index (κ1) is 14.2. The lowest BCUT2D eigenvalue weighted by molar-refractivity contribution is 0.364. The van der Waals surface area contributed by atoms with Crippen molar-refractivity contribution in [3.63, 3.8) is 0 Å². The van der Waals surface area contributed by atoms with Crippen LogP contribution in [0, 0.1) is 13.8 Å². The van der Waals surface area contributed by atoms with Gasteiger partial charge in [-0.2, -0.15) is 10.1 Å². The van der Waals surface area contributed by atoms with Gasteiger partial charge in [0, 0.05) is 5.56 Å². The fraction of sp³-hybridized carbons (Fsp3) is 0.231. The quantitative estimate of drug-likeness (QED) is 0.741. The highest BCUT2D eigenvalue weighted by Gasteiger charge is 2.10. The number of benzene rings is 1. The van der Waals surface area contributed by atoms with Gasteiger partial charge in [-0.15, -0.1) is 12.4 Å². The second-order valence-electron chi connectivity index (χ2n) is 4.35. The van der Waals surface area contributed by atoms with Crippen molar-refractivity contribution >= 4 is 12.4 Å². The smallest absolute Gasteiger partial charge is 0.248 e. The van der Waals surface area contributed by atoms with Crippen LogP contribution in [-0.4, -0.2) is 24.9 Å². The maximum atomic E-state index is 5.24. The molecular formula is C13H14ClN5O. The Balaban J connectivity index is 0.00000147. The van der Waals surface area contributed by atoms with Crippen molar-refractivity contribution in [2.45, 2.75) is 20.4 Å². The molecule has 2 heterocycles. The molecule has 104 valence electrons. The fourth-order valence-corrected chi connectivity index (χ4v) is 1.83. The van der Waals surface area contributed by atoms with Gasteiger partial charge < -0.3 is 4.52 Å². The van der Waals surface area contributed by atoms with E-state index in [1.165, 1.54) is 6.33 Å². The molecule has 0 saturated heterocycles. The number of aryl methyl sites for hydroxylation is 2. The predicted octanol–water partition coefficient (Wildman–Crippen LogP) is 2.42. The largest absolute Gasteiger partial charge is 0.337 e. The number of halogens is 1. The molecule has 0 saturated carbocycles. The average Bonchev–Trinajstić information content (AvgIpc) is 3.00. The minimum atomic E-state index is 0. The Hall–Kier alpha value is -2.21. The van der Waals surface area contributed by atoms with Gasteiger partial charge in [0.2, 0.25) is 11.7 Å². The maximum Gasteiger partial charge on any atom is 0.248 e. The van der Waals surface area contributed by atoms with Crippen LogP contribution in [0.5, 0.6) is 0 Å². The second kappa shape index (κ2) is 5.83. The minimum Gasteiger partial charge on any atom is -0.337 e. The van der Waals surface area contributed by atoms with Crippen molar-refractivity contribution in [1.29, 1.82) is 0 Å². The van der Waals surface area contributed by atoms with E-state index in [-0.39, 0.29) is 12.4 Å². The summed E-state index contributed by atoms with van der Waals surface area (Å²) in [4.78, 5) is 8.42. The molecule has 3 aromatic rings. The lowest BCUT2D eigenvalue weighted by Crippen LogP contribution is -2.04. The molecular weight excluding hydrogens is 278 g/mol. The second-order valence-corrected chi connectivity index (χ2v) is 4.35. The molecule has 0 aliphatic rings. The number of hydrogen-bond acceptors (Lipinski definition) is 5. The molecule has 0 spiro atoms. The van der Waals surface area contributed by atoms with Crippen molar-refractivity contribution in [2.75, 3.05) is 0 Å². The highest BCUT2D eigenvalue weighted by atomic mass is 35.5. The van der Waals surface area contributed by atoms with Crippen molar-refractivity contribution in [1.82, 2.24) is 24.9 Å². The summed E-state index contributed by atoms with van der Waals surface area (Å²) < 4.78 is 6.95. The molecule has 0 fully saturated rings. The van der Waals surface area contributed by atoms with Gasteiger partial charge in [-0.3, -0.25) is 0 Å². The summed E-state index contributed by atoms with van der Waals surface area (Å²) in [6, 6.07) is 7.99. The molecule has 20 heavy (non-hydrogen) atoms. The van der Waals surface area contributed by atoms with E-state index in [0.29, 0.717) is 18.3 Å². The van der Waals surface area contributed by atoms with Crippen LogP contribution in [0.3, 0.4) is 0 Å². The number of rotatable bonds is 3. The molecule has 0 N–H and O–H groups in total. The van der Waals surface area contributed by atoms with Crippen LogP contribution in [-0.2, 0) is 6.54 Å². The molecule has 6 nitrogen and oxygen atoms in total. The Morgan fingerprint density at radius 3 is 2.80 bits per heavy atom. The van der Waals surface area contributed by atoms with Gasteiger partial charge in [-0.1, -0.05) is 28.9 Å². The summed E-state index contributed by atoms with van der Waals surface area (Å²) in [5, 5.41) is 8.08. The van der Waals surface area contributed by atoms with Gasteiger partial charge in [0.05, 0.1) is 0 Å². The summed E-state index contributed by atoms with van der Waals surface area (Å²) in [5.74, 6) is 1.93. The first-order valence-electron chi connectivity index (χ1n) is 5.96. The molecule has 0 amide bonds. The first-order chi connectivity index (χ1) is 9.22.